The summed E-state index contributed by atoms with van der Waals surface area (Å²) in [6.45, 7) is 1.56. The van der Waals surface area contributed by atoms with Crippen LogP contribution in [0, 0.1) is 10.1 Å². The van der Waals surface area contributed by atoms with Gasteiger partial charge in [-0.3, -0.25) is 14.9 Å². The van der Waals surface area contributed by atoms with Crippen LogP contribution in [0.1, 0.15) is 17.3 Å². The first-order valence-electron chi connectivity index (χ1n) is 5.36. The van der Waals surface area contributed by atoms with Crippen LogP contribution in [0.25, 0.3) is 0 Å². The highest BCUT2D eigenvalue weighted by Crippen LogP contribution is 2.06. The maximum Gasteiger partial charge on any atom is 0.269 e. The predicted octanol–water partition coefficient (Wildman–Crippen LogP) is 3.48. The van der Waals surface area contributed by atoms with Crippen molar-refractivity contribution < 1.29 is 9.72 Å². The highest BCUT2D eigenvalue weighted by molar-refractivity contribution is 5.93. The first kappa shape index (κ1) is 13.6. The van der Waals surface area contributed by atoms with Crippen LogP contribution in [0.3, 0.4) is 0 Å². The number of carbonyl (C=O) groups excluding carboxylic acids is 1. The number of nitro benzene ring substituents is 1. The van der Waals surface area contributed by atoms with E-state index in [4.69, 9.17) is 0 Å². The van der Waals surface area contributed by atoms with E-state index in [-0.39, 0.29) is 11.5 Å². The second-order valence-electron chi connectivity index (χ2n) is 3.51. The van der Waals surface area contributed by atoms with Gasteiger partial charge in [-0.1, -0.05) is 48.5 Å². The van der Waals surface area contributed by atoms with Gasteiger partial charge in [0.1, 0.15) is 0 Å². The molecule has 0 aliphatic carbocycles. The van der Waals surface area contributed by atoms with E-state index < -0.39 is 4.92 Å². The molecule has 4 nitrogen and oxygen atoms in total. The molecule has 0 saturated carbocycles. The number of ketones is 1. The van der Waals surface area contributed by atoms with Crippen LogP contribution in [-0.2, 0) is 0 Å². The topological polar surface area (TPSA) is 60.2 Å². The van der Waals surface area contributed by atoms with Gasteiger partial charge in [-0.05, 0) is 6.92 Å². The van der Waals surface area contributed by atoms with Crippen molar-refractivity contribution in [3.63, 3.8) is 0 Å². The molecule has 0 atom stereocenters. The lowest BCUT2D eigenvalue weighted by Gasteiger charge is -1.89. The van der Waals surface area contributed by atoms with Gasteiger partial charge in [-0.2, -0.15) is 0 Å². The number of hydrogen-bond donors (Lipinski definition) is 0. The second-order valence-corrected chi connectivity index (χ2v) is 3.51. The third-order valence-corrected chi connectivity index (χ3v) is 2.15. The van der Waals surface area contributed by atoms with Crippen molar-refractivity contribution in [3.05, 3.63) is 76.3 Å². The average Bonchev–Trinajstić information content (AvgIpc) is 2.41. The Hall–Kier alpha value is -2.49. The summed E-state index contributed by atoms with van der Waals surface area (Å²) in [6, 6.07) is 17.2. The van der Waals surface area contributed by atoms with E-state index in [1.807, 2.05) is 30.3 Å². The predicted molar refractivity (Wildman–Crippen MR) is 69.5 cm³/mol. The van der Waals surface area contributed by atoms with Crippen LogP contribution in [0.4, 0.5) is 5.69 Å². The van der Waals surface area contributed by atoms with Crippen LogP contribution in [0.2, 0.25) is 0 Å². The maximum atomic E-state index is 10.6. The fraction of sp³-hybridized carbons (Fsp3) is 0.0714. The Morgan fingerprint density at radius 1 is 0.944 bits per heavy atom. The van der Waals surface area contributed by atoms with Gasteiger partial charge in [0.2, 0.25) is 0 Å². The minimum Gasteiger partial charge on any atom is -0.295 e. The van der Waals surface area contributed by atoms with Gasteiger partial charge < -0.3 is 0 Å². The van der Waals surface area contributed by atoms with Gasteiger partial charge in [0, 0.05) is 17.7 Å². The summed E-state index contributed by atoms with van der Waals surface area (Å²) in [4.78, 5) is 20.2. The lowest BCUT2D eigenvalue weighted by molar-refractivity contribution is -0.384. The summed E-state index contributed by atoms with van der Waals surface area (Å²) in [5, 5.41) is 10.0. The molecule has 0 saturated heterocycles. The number of carbonyl (C=O) groups is 1. The van der Waals surface area contributed by atoms with Crippen molar-refractivity contribution in [3.8, 4) is 0 Å². The molecular formula is C14H13NO3. The van der Waals surface area contributed by atoms with E-state index in [9.17, 15) is 14.9 Å². The summed E-state index contributed by atoms with van der Waals surface area (Å²) in [5.74, 6) is 0.121. The van der Waals surface area contributed by atoms with Gasteiger partial charge in [-0.25, -0.2) is 0 Å². The van der Waals surface area contributed by atoms with E-state index in [2.05, 4.69) is 0 Å². The van der Waals surface area contributed by atoms with Crippen molar-refractivity contribution in [2.24, 2.45) is 0 Å². The molecule has 0 radical (unpaired) electrons. The molecule has 0 unspecified atom stereocenters. The number of para-hydroxylation sites is 1. The van der Waals surface area contributed by atoms with Gasteiger partial charge >= 0.3 is 0 Å². The molecule has 2 aromatic rings. The van der Waals surface area contributed by atoms with E-state index >= 15 is 0 Å². The number of nitrogens with zero attached hydrogens (tertiary/aromatic N) is 1. The molecule has 0 N–H and O–H groups in total. The zero-order valence-electron chi connectivity index (χ0n) is 9.95. The van der Waals surface area contributed by atoms with Gasteiger partial charge in [0.05, 0.1) is 4.92 Å². The minimum atomic E-state index is -0.417. The first-order chi connectivity index (χ1) is 8.61. The molecule has 92 valence electrons. The highest BCUT2D eigenvalue weighted by Gasteiger charge is 1.98. The number of nitro groups is 1. The minimum absolute atomic E-state index is 0.121. The molecule has 0 aliphatic heterocycles. The van der Waals surface area contributed by atoms with Crippen molar-refractivity contribution in [1.82, 2.24) is 0 Å². The Morgan fingerprint density at radius 2 is 1.39 bits per heavy atom. The van der Waals surface area contributed by atoms with Gasteiger partial charge in [-0.15, -0.1) is 0 Å². The normalized spacial score (nSPS) is 8.94. The summed E-state index contributed by atoms with van der Waals surface area (Å²) in [5.41, 5.74) is 0.912. The largest absolute Gasteiger partial charge is 0.295 e. The smallest absolute Gasteiger partial charge is 0.269 e. The molecule has 4 heteroatoms. The van der Waals surface area contributed by atoms with E-state index in [0.29, 0.717) is 0 Å². The molecule has 2 rings (SSSR count). The van der Waals surface area contributed by atoms with E-state index in [0.717, 1.165) is 5.56 Å². The maximum absolute atomic E-state index is 10.6. The Kier molecular flexibility index (Phi) is 5.25. The Labute approximate surface area is 105 Å². The summed E-state index contributed by atoms with van der Waals surface area (Å²) >= 11 is 0. The van der Waals surface area contributed by atoms with Gasteiger partial charge in [0.25, 0.3) is 5.69 Å². The van der Waals surface area contributed by atoms with Crippen molar-refractivity contribution in [2.45, 2.75) is 6.92 Å². The molecule has 0 spiro atoms. The zero-order chi connectivity index (χ0) is 13.4. The van der Waals surface area contributed by atoms with Gasteiger partial charge in [0.15, 0.2) is 5.78 Å². The molecule has 0 heterocycles. The molecule has 0 aliphatic rings. The molecule has 0 bridgehead atoms. The Balaban J connectivity index is 0.000000180. The summed E-state index contributed by atoms with van der Waals surface area (Å²) < 4.78 is 0. The number of benzene rings is 2. The van der Waals surface area contributed by atoms with E-state index in [1.54, 1.807) is 25.1 Å². The molecule has 2 aromatic carbocycles. The van der Waals surface area contributed by atoms with Crippen molar-refractivity contribution in [2.75, 3.05) is 0 Å². The standard InChI is InChI=1S/C8H8O.C6H5NO2/c1-7(9)8-5-3-2-4-6-8;8-7(9)6-4-2-1-3-5-6/h2-6H,1H3;1-5H. The third kappa shape index (κ3) is 4.57. The first-order valence-corrected chi connectivity index (χ1v) is 5.36. The third-order valence-electron chi connectivity index (χ3n) is 2.15. The summed E-state index contributed by atoms with van der Waals surface area (Å²) in [7, 11) is 0. The van der Waals surface area contributed by atoms with Crippen molar-refractivity contribution in [1.29, 1.82) is 0 Å². The summed E-state index contributed by atoms with van der Waals surface area (Å²) in [6.07, 6.45) is 0. The van der Waals surface area contributed by atoms with Crippen LogP contribution in [0.5, 0.6) is 0 Å². The highest BCUT2D eigenvalue weighted by atomic mass is 16.6. The molecular weight excluding hydrogens is 230 g/mol. The zero-order valence-corrected chi connectivity index (χ0v) is 9.95. The monoisotopic (exact) mass is 243 g/mol. The van der Waals surface area contributed by atoms with Crippen molar-refractivity contribution >= 4 is 11.5 Å². The van der Waals surface area contributed by atoms with Crippen LogP contribution in [-0.4, -0.2) is 10.7 Å². The fourth-order valence-corrected chi connectivity index (χ4v) is 1.22. The lowest BCUT2D eigenvalue weighted by Crippen LogP contribution is -1.88. The Bertz CT molecular complexity index is 460. The quantitative estimate of drug-likeness (QED) is 0.461. The fourth-order valence-electron chi connectivity index (χ4n) is 1.22. The number of Topliss-reactive ketones (excluding diaryl/α,β-unsaturated/α-hetero) is 1. The molecule has 18 heavy (non-hydrogen) atoms. The van der Waals surface area contributed by atoms with Crippen LogP contribution < -0.4 is 0 Å². The lowest BCUT2D eigenvalue weighted by atomic mass is 10.2. The molecule has 0 fully saturated rings. The average molecular weight is 243 g/mol. The molecule has 0 amide bonds. The second kappa shape index (κ2) is 6.96. The number of non-ortho nitro benzene ring substituents is 1. The SMILES string of the molecule is CC(=O)c1ccccc1.O=[N+]([O-])c1ccccc1. The van der Waals surface area contributed by atoms with Crippen LogP contribution >= 0.6 is 0 Å². The number of rotatable bonds is 2. The van der Waals surface area contributed by atoms with E-state index in [1.165, 1.54) is 12.1 Å². The number of hydrogen-bond acceptors (Lipinski definition) is 3. The Morgan fingerprint density at radius 3 is 1.67 bits per heavy atom. The molecule has 0 aromatic heterocycles. The van der Waals surface area contributed by atoms with Crippen LogP contribution in [0.15, 0.2) is 60.7 Å².